The van der Waals surface area contributed by atoms with E-state index < -0.39 is 0 Å². The van der Waals surface area contributed by atoms with E-state index >= 15 is 0 Å². The van der Waals surface area contributed by atoms with Gasteiger partial charge in [0.2, 0.25) is 4.96 Å². The van der Waals surface area contributed by atoms with Gasteiger partial charge in [0.15, 0.2) is 23.1 Å². The summed E-state index contributed by atoms with van der Waals surface area (Å²) in [5.74, 6) is 2.80. The van der Waals surface area contributed by atoms with Gasteiger partial charge in [-0.3, -0.25) is 4.98 Å². The molecule has 6 aromatic rings. The summed E-state index contributed by atoms with van der Waals surface area (Å²) < 4.78 is 14.7. The Hall–Kier alpha value is -4.31. The third kappa shape index (κ3) is 3.35. The first-order valence-corrected chi connectivity index (χ1v) is 11.4. The third-order valence-electron chi connectivity index (χ3n) is 5.53. The van der Waals surface area contributed by atoms with Crippen LogP contribution in [0.2, 0.25) is 0 Å². The van der Waals surface area contributed by atoms with E-state index in [1.807, 2.05) is 60.7 Å². The van der Waals surface area contributed by atoms with Gasteiger partial charge < -0.3 is 14.0 Å². The van der Waals surface area contributed by atoms with Gasteiger partial charge in [0.1, 0.15) is 10.7 Å². The molecule has 0 unspecified atom stereocenters. The first-order valence-electron chi connectivity index (χ1n) is 10.6. The van der Waals surface area contributed by atoms with E-state index in [4.69, 9.17) is 19.6 Å². The summed E-state index contributed by atoms with van der Waals surface area (Å²) in [6, 6.07) is 19.6. The number of aromatic nitrogens is 7. The standard InChI is InChI=1S/C24H19N7O2S/c1-32-19-11-10-15(13-20(19)33-2)23-29-31-21(27-28-24(31)34-23)14-30-18-9-4-3-7-16(18)26-22(30)17-8-5-6-12-25-17/h3-13H,14H2,1-2H3. The SMILES string of the molecule is COc1ccc(-c2nn3c(Cn4c(-c5ccccn5)nc5ccccc54)nnc3s2)cc1OC. The highest BCUT2D eigenvalue weighted by atomic mass is 32.1. The number of methoxy groups -OCH3 is 2. The maximum Gasteiger partial charge on any atom is 0.235 e. The molecule has 6 rings (SSSR count). The molecule has 0 atom stereocenters. The lowest BCUT2D eigenvalue weighted by Gasteiger charge is -2.08. The van der Waals surface area contributed by atoms with Crippen molar-refractivity contribution in [1.82, 2.24) is 34.3 Å². The molecule has 9 nitrogen and oxygen atoms in total. The van der Waals surface area contributed by atoms with Gasteiger partial charge in [-0.25, -0.2) is 4.98 Å². The second-order valence-electron chi connectivity index (χ2n) is 7.51. The lowest BCUT2D eigenvalue weighted by atomic mass is 10.2. The van der Waals surface area contributed by atoms with Crippen molar-refractivity contribution >= 4 is 27.3 Å². The quantitative estimate of drug-likeness (QED) is 0.358. The van der Waals surface area contributed by atoms with Gasteiger partial charge in [0.05, 0.1) is 31.8 Å². The van der Waals surface area contributed by atoms with Gasteiger partial charge in [-0.1, -0.05) is 29.5 Å². The Morgan fingerprint density at radius 1 is 0.912 bits per heavy atom. The molecule has 0 radical (unpaired) electrons. The maximum atomic E-state index is 5.44. The van der Waals surface area contributed by atoms with E-state index in [0.717, 1.165) is 33.1 Å². The van der Waals surface area contributed by atoms with Crippen molar-refractivity contribution in [3.05, 3.63) is 72.7 Å². The number of hydrogen-bond acceptors (Lipinski definition) is 8. The van der Waals surface area contributed by atoms with Gasteiger partial charge in [0.25, 0.3) is 0 Å². The fraction of sp³-hybridized carbons (Fsp3) is 0.125. The zero-order valence-corrected chi connectivity index (χ0v) is 19.2. The predicted molar refractivity (Wildman–Crippen MR) is 129 cm³/mol. The minimum absolute atomic E-state index is 0.447. The number of hydrogen-bond donors (Lipinski definition) is 0. The molecule has 0 spiro atoms. The molecular formula is C24H19N7O2S. The van der Waals surface area contributed by atoms with Gasteiger partial charge in [-0.05, 0) is 42.5 Å². The van der Waals surface area contributed by atoms with Crippen molar-refractivity contribution in [2.45, 2.75) is 6.54 Å². The smallest absolute Gasteiger partial charge is 0.235 e. The number of imidazole rings is 1. The number of pyridine rings is 1. The minimum atomic E-state index is 0.447. The Labute approximate surface area is 198 Å². The summed E-state index contributed by atoms with van der Waals surface area (Å²) in [5.41, 5.74) is 3.61. The van der Waals surface area contributed by atoms with Gasteiger partial charge in [-0.15, -0.1) is 10.2 Å². The minimum Gasteiger partial charge on any atom is -0.493 e. The second kappa shape index (κ2) is 8.23. The topological polar surface area (TPSA) is 92.2 Å². The zero-order valence-electron chi connectivity index (χ0n) is 18.4. The number of para-hydroxylation sites is 2. The van der Waals surface area contributed by atoms with Crippen LogP contribution in [-0.2, 0) is 6.54 Å². The molecule has 168 valence electrons. The predicted octanol–water partition coefficient (Wildman–Crippen LogP) is 4.33. The van der Waals surface area contributed by atoms with Crippen LogP contribution in [-0.4, -0.2) is 48.6 Å². The molecule has 0 bridgehead atoms. The molecule has 4 heterocycles. The number of rotatable bonds is 6. The largest absolute Gasteiger partial charge is 0.493 e. The molecule has 0 fully saturated rings. The van der Waals surface area contributed by atoms with E-state index in [0.29, 0.717) is 28.8 Å². The van der Waals surface area contributed by atoms with Crippen molar-refractivity contribution in [3.8, 4) is 33.6 Å². The number of nitrogens with zero attached hydrogens (tertiary/aromatic N) is 7. The lowest BCUT2D eigenvalue weighted by Crippen LogP contribution is -2.07. The molecule has 0 aliphatic rings. The Bertz CT molecular complexity index is 1620. The first kappa shape index (κ1) is 20.3. The van der Waals surface area contributed by atoms with Crippen LogP contribution in [0.5, 0.6) is 11.5 Å². The van der Waals surface area contributed by atoms with E-state index in [1.54, 1.807) is 24.9 Å². The Balaban J connectivity index is 1.43. The van der Waals surface area contributed by atoms with Crippen LogP contribution in [0.4, 0.5) is 0 Å². The molecule has 0 aliphatic heterocycles. The molecule has 0 saturated heterocycles. The fourth-order valence-corrected chi connectivity index (χ4v) is 4.76. The highest BCUT2D eigenvalue weighted by Crippen LogP contribution is 2.34. The van der Waals surface area contributed by atoms with Crippen LogP contribution in [0, 0.1) is 0 Å². The summed E-state index contributed by atoms with van der Waals surface area (Å²) in [7, 11) is 3.24. The second-order valence-corrected chi connectivity index (χ2v) is 8.47. The van der Waals surface area contributed by atoms with Crippen molar-refractivity contribution in [1.29, 1.82) is 0 Å². The zero-order chi connectivity index (χ0) is 23.1. The van der Waals surface area contributed by atoms with E-state index in [2.05, 4.69) is 19.7 Å². The maximum absolute atomic E-state index is 5.44. The normalized spacial score (nSPS) is 11.4. The van der Waals surface area contributed by atoms with Crippen LogP contribution < -0.4 is 9.47 Å². The lowest BCUT2D eigenvalue weighted by molar-refractivity contribution is 0.355. The average molecular weight is 470 g/mol. The highest BCUT2D eigenvalue weighted by molar-refractivity contribution is 7.19. The van der Waals surface area contributed by atoms with Crippen LogP contribution in [0.25, 0.3) is 38.1 Å². The molecule has 0 amide bonds. The monoisotopic (exact) mass is 469 g/mol. The van der Waals surface area contributed by atoms with Crippen LogP contribution in [0.15, 0.2) is 66.9 Å². The van der Waals surface area contributed by atoms with Crippen LogP contribution in [0.1, 0.15) is 5.82 Å². The van der Waals surface area contributed by atoms with Gasteiger partial charge in [-0.2, -0.15) is 9.61 Å². The average Bonchev–Trinajstić information content (AvgIpc) is 3.58. The summed E-state index contributed by atoms with van der Waals surface area (Å²) in [6.07, 6.45) is 1.77. The fourth-order valence-electron chi connectivity index (χ4n) is 3.91. The molecule has 2 aromatic carbocycles. The van der Waals surface area contributed by atoms with E-state index in [-0.39, 0.29) is 0 Å². The number of ether oxygens (including phenoxy) is 2. The van der Waals surface area contributed by atoms with Crippen molar-refractivity contribution < 1.29 is 9.47 Å². The van der Waals surface area contributed by atoms with E-state index in [9.17, 15) is 0 Å². The number of benzene rings is 2. The summed E-state index contributed by atoms with van der Waals surface area (Å²) in [4.78, 5) is 10.1. The molecule has 10 heteroatoms. The summed E-state index contributed by atoms with van der Waals surface area (Å²) in [5, 5.41) is 14.4. The van der Waals surface area contributed by atoms with Crippen molar-refractivity contribution in [2.24, 2.45) is 0 Å². The Morgan fingerprint density at radius 2 is 1.76 bits per heavy atom. The molecule has 0 aliphatic carbocycles. The van der Waals surface area contributed by atoms with Gasteiger partial charge >= 0.3 is 0 Å². The molecule has 4 aromatic heterocycles. The number of fused-ring (bicyclic) bond motifs is 2. The third-order valence-corrected chi connectivity index (χ3v) is 6.48. The van der Waals surface area contributed by atoms with Crippen LogP contribution >= 0.6 is 11.3 Å². The molecular weight excluding hydrogens is 450 g/mol. The van der Waals surface area contributed by atoms with Crippen LogP contribution in [0.3, 0.4) is 0 Å². The Morgan fingerprint density at radius 3 is 2.59 bits per heavy atom. The Kier molecular flexibility index (Phi) is 4.92. The van der Waals surface area contributed by atoms with Crippen molar-refractivity contribution in [2.75, 3.05) is 14.2 Å². The van der Waals surface area contributed by atoms with E-state index in [1.165, 1.54) is 11.3 Å². The highest BCUT2D eigenvalue weighted by Gasteiger charge is 2.19. The van der Waals surface area contributed by atoms with Gasteiger partial charge in [0, 0.05) is 11.8 Å². The summed E-state index contributed by atoms with van der Waals surface area (Å²) in [6.45, 7) is 0.447. The molecule has 0 N–H and O–H groups in total. The van der Waals surface area contributed by atoms with Crippen molar-refractivity contribution in [3.63, 3.8) is 0 Å². The molecule has 34 heavy (non-hydrogen) atoms. The first-order chi connectivity index (χ1) is 16.7. The molecule has 0 saturated carbocycles. The summed E-state index contributed by atoms with van der Waals surface area (Å²) >= 11 is 1.47.